The van der Waals surface area contributed by atoms with Crippen molar-refractivity contribution in [1.29, 1.82) is 0 Å². The summed E-state index contributed by atoms with van der Waals surface area (Å²) >= 11 is 1.38. The van der Waals surface area contributed by atoms with Crippen molar-refractivity contribution in [1.82, 2.24) is 14.9 Å². The minimum absolute atomic E-state index is 0.112. The third kappa shape index (κ3) is 4.05. The van der Waals surface area contributed by atoms with Crippen molar-refractivity contribution in [3.05, 3.63) is 75.1 Å². The largest absolute Gasteiger partial charge is 0.334 e. The highest BCUT2D eigenvalue weighted by Crippen LogP contribution is 2.21. The molecule has 3 N–H and O–H groups in total. The number of aryl methyl sites for hydroxylation is 3. The van der Waals surface area contributed by atoms with Crippen molar-refractivity contribution in [2.24, 2.45) is 0 Å². The first-order valence-electron chi connectivity index (χ1n) is 8.21. The fraction of sp³-hybridized carbons (Fsp3) is 0.211. The SMILES string of the molecule is Cc1cccc(CSc2nnc(Nc3cc(C)ccc3C)c(=O)n2N)c1. The van der Waals surface area contributed by atoms with Gasteiger partial charge in [-0.2, -0.15) is 4.68 Å². The molecule has 0 spiro atoms. The third-order valence-electron chi connectivity index (χ3n) is 3.96. The van der Waals surface area contributed by atoms with E-state index in [1.54, 1.807) is 0 Å². The Morgan fingerprint density at radius 2 is 1.85 bits per heavy atom. The van der Waals surface area contributed by atoms with Crippen molar-refractivity contribution in [3.8, 4) is 0 Å². The van der Waals surface area contributed by atoms with Gasteiger partial charge in [0, 0.05) is 11.4 Å². The zero-order valence-corrected chi connectivity index (χ0v) is 15.8. The highest BCUT2D eigenvalue weighted by Gasteiger charge is 2.12. The zero-order chi connectivity index (χ0) is 18.7. The van der Waals surface area contributed by atoms with Crippen LogP contribution in [-0.2, 0) is 5.75 Å². The molecule has 0 saturated heterocycles. The molecule has 2 aromatic carbocycles. The molecule has 3 aromatic rings. The van der Waals surface area contributed by atoms with Crippen LogP contribution in [0, 0.1) is 20.8 Å². The fourth-order valence-corrected chi connectivity index (χ4v) is 3.31. The standard InChI is InChI=1S/C19H21N5OS/c1-12-5-4-6-15(9-12)11-26-19-23-22-17(18(25)24(19)20)21-16-10-13(2)7-8-14(16)3/h4-10H,11,20H2,1-3H3,(H,21,22). The fourth-order valence-electron chi connectivity index (χ4n) is 2.51. The van der Waals surface area contributed by atoms with Gasteiger partial charge < -0.3 is 11.2 Å². The van der Waals surface area contributed by atoms with Gasteiger partial charge in [-0.15, -0.1) is 10.2 Å². The lowest BCUT2D eigenvalue weighted by Crippen LogP contribution is -2.32. The molecule has 0 bridgehead atoms. The van der Waals surface area contributed by atoms with Crippen LogP contribution >= 0.6 is 11.8 Å². The number of benzene rings is 2. The van der Waals surface area contributed by atoms with E-state index in [1.165, 1.54) is 17.3 Å². The summed E-state index contributed by atoms with van der Waals surface area (Å²) in [6.45, 7) is 5.99. The molecule has 0 atom stereocenters. The summed E-state index contributed by atoms with van der Waals surface area (Å²) in [7, 11) is 0. The number of nitrogens with two attached hydrogens (primary N) is 1. The molecule has 0 amide bonds. The molecule has 1 aromatic heterocycles. The van der Waals surface area contributed by atoms with Gasteiger partial charge in [0.2, 0.25) is 11.0 Å². The van der Waals surface area contributed by atoms with Crippen molar-refractivity contribution in [3.63, 3.8) is 0 Å². The van der Waals surface area contributed by atoms with Crippen LogP contribution in [0.5, 0.6) is 0 Å². The third-order valence-corrected chi connectivity index (χ3v) is 4.97. The Morgan fingerprint density at radius 3 is 2.62 bits per heavy atom. The normalized spacial score (nSPS) is 10.7. The molecular weight excluding hydrogens is 346 g/mol. The Balaban J connectivity index is 1.80. The van der Waals surface area contributed by atoms with Crippen LogP contribution in [0.25, 0.3) is 0 Å². The highest BCUT2D eigenvalue weighted by molar-refractivity contribution is 7.98. The molecule has 0 unspecified atom stereocenters. The van der Waals surface area contributed by atoms with Gasteiger partial charge in [0.15, 0.2) is 0 Å². The Labute approximate surface area is 156 Å². The molecule has 0 fully saturated rings. The number of anilines is 2. The van der Waals surface area contributed by atoms with Crippen LogP contribution in [0.3, 0.4) is 0 Å². The van der Waals surface area contributed by atoms with Gasteiger partial charge in [0.1, 0.15) is 0 Å². The lowest BCUT2D eigenvalue weighted by atomic mass is 10.1. The van der Waals surface area contributed by atoms with Gasteiger partial charge in [-0.25, -0.2) is 0 Å². The molecule has 3 rings (SSSR count). The van der Waals surface area contributed by atoms with Crippen LogP contribution in [0.2, 0.25) is 0 Å². The number of hydrogen-bond acceptors (Lipinski definition) is 6. The van der Waals surface area contributed by atoms with Crippen molar-refractivity contribution < 1.29 is 0 Å². The average molecular weight is 367 g/mol. The summed E-state index contributed by atoms with van der Waals surface area (Å²) in [5.74, 6) is 6.72. The number of nitrogens with zero attached hydrogens (tertiary/aromatic N) is 3. The van der Waals surface area contributed by atoms with E-state index in [4.69, 9.17) is 5.84 Å². The molecule has 26 heavy (non-hydrogen) atoms. The number of nitrogens with one attached hydrogen (secondary N) is 1. The lowest BCUT2D eigenvalue weighted by Gasteiger charge is -2.11. The monoisotopic (exact) mass is 367 g/mol. The molecule has 0 radical (unpaired) electrons. The summed E-state index contributed by atoms with van der Waals surface area (Å²) in [4.78, 5) is 12.5. The highest BCUT2D eigenvalue weighted by atomic mass is 32.2. The number of aromatic nitrogens is 3. The average Bonchev–Trinajstić information content (AvgIpc) is 2.61. The Hall–Kier alpha value is -2.80. The number of hydrogen-bond donors (Lipinski definition) is 2. The van der Waals surface area contributed by atoms with Gasteiger partial charge in [0.05, 0.1) is 0 Å². The van der Waals surface area contributed by atoms with E-state index in [2.05, 4.69) is 21.6 Å². The van der Waals surface area contributed by atoms with E-state index < -0.39 is 5.56 Å². The first-order valence-corrected chi connectivity index (χ1v) is 9.20. The van der Waals surface area contributed by atoms with Crippen LogP contribution in [-0.4, -0.2) is 14.9 Å². The maximum absolute atomic E-state index is 12.5. The maximum atomic E-state index is 12.5. The summed E-state index contributed by atoms with van der Waals surface area (Å²) in [5, 5.41) is 11.6. The molecule has 0 aliphatic rings. The van der Waals surface area contributed by atoms with Gasteiger partial charge in [-0.3, -0.25) is 4.79 Å². The van der Waals surface area contributed by atoms with Crippen LogP contribution in [0.15, 0.2) is 52.4 Å². The van der Waals surface area contributed by atoms with Crippen molar-refractivity contribution in [2.75, 3.05) is 11.2 Å². The quantitative estimate of drug-likeness (QED) is 0.531. The van der Waals surface area contributed by atoms with Crippen molar-refractivity contribution >= 4 is 23.3 Å². The summed E-state index contributed by atoms with van der Waals surface area (Å²) in [6, 6.07) is 14.1. The maximum Gasteiger partial charge on any atom is 0.315 e. The summed E-state index contributed by atoms with van der Waals surface area (Å²) in [5.41, 5.74) is 4.83. The second kappa shape index (κ2) is 7.61. The number of nitrogen functional groups attached to an aromatic ring is 1. The van der Waals surface area contributed by atoms with E-state index in [1.807, 2.05) is 57.2 Å². The lowest BCUT2D eigenvalue weighted by molar-refractivity contribution is 0.704. The van der Waals surface area contributed by atoms with Crippen molar-refractivity contribution in [2.45, 2.75) is 31.7 Å². The molecule has 0 aliphatic carbocycles. The van der Waals surface area contributed by atoms with Crippen LogP contribution < -0.4 is 16.7 Å². The smallest absolute Gasteiger partial charge is 0.315 e. The summed E-state index contributed by atoms with van der Waals surface area (Å²) < 4.78 is 1.04. The molecule has 0 saturated carbocycles. The van der Waals surface area contributed by atoms with Crippen LogP contribution in [0.4, 0.5) is 11.5 Å². The first kappa shape index (κ1) is 18.0. The van der Waals surface area contributed by atoms with Gasteiger partial charge in [-0.05, 0) is 43.5 Å². The Kier molecular flexibility index (Phi) is 5.27. The predicted octanol–water partition coefficient (Wildman–Crippen LogP) is 3.31. The molecule has 134 valence electrons. The van der Waals surface area contributed by atoms with Gasteiger partial charge in [-0.1, -0.05) is 53.7 Å². The molecule has 7 heteroatoms. The first-order chi connectivity index (χ1) is 12.4. The van der Waals surface area contributed by atoms with E-state index in [0.29, 0.717) is 10.9 Å². The molecule has 6 nitrogen and oxygen atoms in total. The Bertz CT molecular complexity index is 999. The van der Waals surface area contributed by atoms with E-state index in [0.717, 1.165) is 27.1 Å². The molecule has 1 heterocycles. The minimum Gasteiger partial charge on any atom is -0.334 e. The van der Waals surface area contributed by atoms with Crippen LogP contribution in [0.1, 0.15) is 22.3 Å². The van der Waals surface area contributed by atoms with Gasteiger partial charge >= 0.3 is 5.56 Å². The predicted molar refractivity (Wildman–Crippen MR) is 106 cm³/mol. The molecule has 0 aliphatic heterocycles. The number of thioether (sulfide) groups is 1. The van der Waals surface area contributed by atoms with E-state index >= 15 is 0 Å². The summed E-state index contributed by atoms with van der Waals surface area (Å²) in [6.07, 6.45) is 0. The second-order valence-corrected chi connectivity index (χ2v) is 7.17. The topological polar surface area (TPSA) is 85.8 Å². The van der Waals surface area contributed by atoms with Gasteiger partial charge in [0.25, 0.3) is 0 Å². The zero-order valence-electron chi connectivity index (χ0n) is 15.0. The minimum atomic E-state index is -0.410. The second-order valence-electron chi connectivity index (χ2n) is 6.23. The number of rotatable bonds is 5. The van der Waals surface area contributed by atoms with E-state index in [9.17, 15) is 4.79 Å². The van der Waals surface area contributed by atoms with E-state index in [-0.39, 0.29) is 5.82 Å². The Morgan fingerprint density at radius 1 is 1.08 bits per heavy atom. The molecular formula is C19H21N5OS.